The summed E-state index contributed by atoms with van der Waals surface area (Å²) < 4.78 is 0. The van der Waals surface area contributed by atoms with Gasteiger partial charge in [-0.1, -0.05) is 11.6 Å². The lowest BCUT2D eigenvalue weighted by Crippen LogP contribution is -2.21. The van der Waals surface area contributed by atoms with E-state index in [1.807, 2.05) is 0 Å². The molecule has 2 saturated heterocycles. The van der Waals surface area contributed by atoms with Gasteiger partial charge in [0.1, 0.15) is 0 Å². The van der Waals surface area contributed by atoms with Crippen molar-refractivity contribution in [3.05, 3.63) is 23.2 Å². The van der Waals surface area contributed by atoms with Crippen molar-refractivity contribution in [3.63, 3.8) is 0 Å². The van der Waals surface area contributed by atoms with Gasteiger partial charge in [0.25, 0.3) is 0 Å². The average molecular weight is 251 g/mol. The predicted molar refractivity (Wildman–Crippen MR) is 74.3 cm³/mol. The molecule has 2 aliphatic heterocycles. The molecule has 0 aromatic heterocycles. The third-order valence-corrected chi connectivity index (χ3v) is 4.17. The Hall–Kier alpha value is -0.890. The summed E-state index contributed by atoms with van der Waals surface area (Å²) in [5.74, 6) is 0. The van der Waals surface area contributed by atoms with E-state index in [-0.39, 0.29) is 0 Å². The molecule has 0 aliphatic carbocycles. The van der Waals surface area contributed by atoms with Crippen LogP contribution in [0.1, 0.15) is 25.7 Å². The van der Waals surface area contributed by atoms with Crippen LogP contribution in [0.5, 0.6) is 0 Å². The van der Waals surface area contributed by atoms with Crippen molar-refractivity contribution in [3.8, 4) is 0 Å². The van der Waals surface area contributed by atoms with Crippen LogP contribution in [-0.2, 0) is 0 Å². The molecular weight excluding hydrogens is 232 g/mol. The van der Waals surface area contributed by atoms with Gasteiger partial charge in [-0.2, -0.15) is 0 Å². The highest BCUT2D eigenvalue weighted by molar-refractivity contribution is 6.33. The first-order chi connectivity index (χ1) is 8.34. The summed E-state index contributed by atoms with van der Waals surface area (Å²) in [5.41, 5.74) is 2.57. The van der Waals surface area contributed by atoms with E-state index in [1.54, 1.807) is 0 Å². The van der Waals surface area contributed by atoms with Crippen LogP contribution in [0.4, 0.5) is 11.4 Å². The molecule has 0 unspecified atom stereocenters. The van der Waals surface area contributed by atoms with E-state index in [1.165, 1.54) is 50.1 Å². The molecule has 92 valence electrons. The highest BCUT2D eigenvalue weighted by atomic mass is 35.5. The number of halogens is 1. The molecule has 2 aliphatic rings. The van der Waals surface area contributed by atoms with Crippen molar-refractivity contribution in [1.82, 2.24) is 0 Å². The number of hydrogen-bond donors (Lipinski definition) is 0. The average Bonchev–Trinajstić information content (AvgIpc) is 3.03. The van der Waals surface area contributed by atoms with Gasteiger partial charge in [0.05, 0.1) is 10.7 Å². The van der Waals surface area contributed by atoms with Crippen molar-refractivity contribution in [2.45, 2.75) is 25.7 Å². The lowest BCUT2D eigenvalue weighted by atomic mass is 10.2. The molecule has 1 aromatic rings. The van der Waals surface area contributed by atoms with Crippen molar-refractivity contribution in [1.29, 1.82) is 0 Å². The fourth-order valence-corrected chi connectivity index (χ4v) is 3.11. The number of hydrogen-bond acceptors (Lipinski definition) is 2. The van der Waals surface area contributed by atoms with Gasteiger partial charge in [-0.3, -0.25) is 0 Å². The second-order valence-electron chi connectivity index (χ2n) is 5.02. The zero-order chi connectivity index (χ0) is 11.7. The van der Waals surface area contributed by atoms with Crippen molar-refractivity contribution >= 4 is 23.0 Å². The van der Waals surface area contributed by atoms with E-state index < -0.39 is 0 Å². The van der Waals surface area contributed by atoms with Gasteiger partial charge in [0.2, 0.25) is 0 Å². The van der Waals surface area contributed by atoms with E-state index in [9.17, 15) is 0 Å². The summed E-state index contributed by atoms with van der Waals surface area (Å²) in [6.07, 6.45) is 5.23. The molecular formula is C14H19ClN2. The van der Waals surface area contributed by atoms with E-state index in [4.69, 9.17) is 11.6 Å². The van der Waals surface area contributed by atoms with Gasteiger partial charge < -0.3 is 9.80 Å². The Bertz CT molecular complexity index is 393. The van der Waals surface area contributed by atoms with Crippen LogP contribution in [0.15, 0.2) is 18.2 Å². The van der Waals surface area contributed by atoms with Gasteiger partial charge in [-0.05, 0) is 43.9 Å². The van der Waals surface area contributed by atoms with Crippen molar-refractivity contribution in [2.24, 2.45) is 0 Å². The molecule has 0 amide bonds. The van der Waals surface area contributed by atoms with E-state index in [2.05, 4.69) is 28.0 Å². The fourth-order valence-electron chi connectivity index (χ4n) is 2.87. The molecule has 3 rings (SSSR count). The fraction of sp³-hybridized carbons (Fsp3) is 0.571. The van der Waals surface area contributed by atoms with E-state index in [0.717, 1.165) is 18.1 Å². The third-order valence-electron chi connectivity index (χ3n) is 3.85. The highest BCUT2D eigenvalue weighted by Crippen LogP contribution is 2.33. The SMILES string of the molecule is Clc1ccc(N2CCCC2)cc1N1CCCC1. The zero-order valence-electron chi connectivity index (χ0n) is 10.2. The monoisotopic (exact) mass is 250 g/mol. The van der Waals surface area contributed by atoms with Crippen LogP contribution in [0.3, 0.4) is 0 Å². The molecule has 3 heteroatoms. The predicted octanol–water partition coefficient (Wildman–Crippen LogP) is 3.54. The molecule has 2 nitrogen and oxygen atoms in total. The molecule has 0 spiro atoms. The van der Waals surface area contributed by atoms with Gasteiger partial charge >= 0.3 is 0 Å². The standard InChI is InChI=1S/C14H19ClN2/c15-13-6-5-12(16-7-1-2-8-16)11-14(13)17-9-3-4-10-17/h5-6,11H,1-4,7-10H2. The Morgan fingerprint density at radius 3 is 2.06 bits per heavy atom. The Kier molecular flexibility index (Phi) is 3.15. The Morgan fingerprint density at radius 2 is 1.41 bits per heavy atom. The van der Waals surface area contributed by atoms with Gasteiger partial charge in [-0.25, -0.2) is 0 Å². The van der Waals surface area contributed by atoms with Crippen LogP contribution in [0.2, 0.25) is 5.02 Å². The van der Waals surface area contributed by atoms with Crippen LogP contribution in [0.25, 0.3) is 0 Å². The minimum Gasteiger partial charge on any atom is -0.371 e. The minimum absolute atomic E-state index is 0.898. The summed E-state index contributed by atoms with van der Waals surface area (Å²) in [7, 11) is 0. The topological polar surface area (TPSA) is 6.48 Å². The largest absolute Gasteiger partial charge is 0.371 e. The third kappa shape index (κ3) is 2.23. The minimum atomic E-state index is 0.898. The molecule has 0 N–H and O–H groups in total. The molecule has 0 bridgehead atoms. The Morgan fingerprint density at radius 1 is 0.824 bits per heavy atom. The number of nitrogens with zero attached hydrogens (tertiary/aromatic N) is 2. The second kappa shape index (κ2) is 4.77. The second-order valence-corrected chi connectivity index (χ2v) is 5.43. The molecule has 0 radical (unpaired) electrons. The highest BCUT2D eigenvalue weighted by Gasteiger charge is 2.18. The van der Waals surface area contributed by atoms with Crippen LogP contribution >= 0.6 is 11.6 Å². The maximum atomic E-state index is 6.32. The maximum absolute atomic E-state index is 6.32. The molecule has 2 fully saturated rings. The quantitative estimate of drug-likeness (QED) is 0.792. The first-order valence-corrected chi connectivity index (χ1v) is 7.02. The number of rotatable bonds is 2. The Balaban J connectivity index is 1.88. The van der Waals surface area contributed by atoms with E-state index in [0.29, 0.717) is 0 Å². The Labute approximate surface area is 108 Å². The molecule has 1 aromatic carbocycles. The summed E-state index contributed by atoms with van der Waals surface area (Å²) in [6.45, 7) is 4.70. The summed E-state index contributed by atoms with van der Waals surface area (Å²) in [6, 6.07) is 6.50. The summed E-state index contributed by atoms with van der Waals surface area (Å²) in [4.78, 5) is 4.89. The number of benzene rings is 1. The first kappa shape index (κ1) is 11.2. The van der Waals surface area contributed by atoms with Crippen molar-refractivity contribution < 1.29 is 0 Å². The zero-order valence-corrected chi connectivity index (χ0v) is 10.9. The lowest BCUT2D eigenvalue weighted by Gasteiger charge is -2.23. The van der Waals surface area contributed by atoms with Gasteiger partial charge in [0.15, 0.2) is 0 Å². The normalized spacial score (nSPS) is 20.3. The van der Waals surface area contributed by atoms with Crippen LogP contribution < -0.4 is 9.80 Å². The van der Waals surface area contributed by atoms with Gasteiger partial charge in [0, 0.05) is 31.9 Å². The lowest BCUT2D eigenvalue weighted by molar-refractivity contribution is 0.949. The van der Waals surface area contributed by atoms with Crippen LogP contribution in [0, 0.1) is 0 Å². The summed E-state index contributed by atoms with van der Waals surface area (Å²) >= 11 is 6.32. The molecule has 0 saturated carbocycles. The summed E-state index contributed by atoms with van der Waals surface area (Å²) in [5, 5.41) is 0.898. The van der Waals surface area contributed by atoms with Crippen molar-refractivity contribution in [2.75, 3.05) is 36.0 Å². The van der Waals surface area contributed by atoms with E-state index >= 15 is 0 Å². The maximum Gasteiger partial charge on any atom is 0.0641 e. The van der Waals surface area contributed by atoms with Crippen LogP contribution in [-0.4, -0.2) is 26.2 Å². The van der Waals surface area contributed by atoms with Gasteiger partial charge in [-0.15, -0.1) is 0 Å². The first-order valence-electron chi connectivity index (χ1n) is 6.64. The smallest absolute Gasteiger partial charge is 0.0641 e. The number of anilines is 2. The molecule has 0 atom stereocenters. The molecule has 2 heterocycles. The molecule has 17 heavy (non-hydrogen) atoms.